The maximum absolute atomic E-state index is 13.5. The predicted molar refractivity (Wildman–Crippen MR) is 73.9 cm³/mol. The van der Waals surface area contributed by atoms with Crippen LogP contribution in [0.4, 0.5) is 10.1 Å². The Kier molecular flexibility index (Phi) is 6.76. The van der Waals surface area contributed by atoms with E-state index >= 15 is 0 Å². The molecule has 0 saturated carbocycles. The van der Waals surface area contributed by atoms with Crippen LogP contribution in [0.15, 0.2) is 12.1 Å². The molecule has 0 fully saturated rings. The van der Waals surface area contributed by atoms with Crippen molar-refractivity contribution >= 4 is 5.69 Å². The molecule has 0 aliphatic carbocycles. The van der Waals surface area contributed by atoms with Crippen molar-refractivity contribution in [2.24, 2.45) is 0 Å². The minimum Gasteiger partial charge on any atom is -0.487 e. The molecule has 0 amide bonds. The van der Waals surface area contributed by atoms with Gasteiger partial charge in [0.15, 0.2) is 0 Å². The Hall–Kier alpha value is -1.85. The average molecular weight is 285 g/mol. The lowest BCUT2D eigenvalue weighted by Crippen LogP contribution is -2.05. The first-order valence-corrected chi connectivity index (χ1v) is 6.83. The Morgan fingerprint density at radius 3 is 1.90 bits per heavy atom. The topological polar surface area (TPSA) is 61.6 Å². The van der Waals surface area contributed by atoms with Gasteiger partial charge in [0.25, 0.3) is 0 Å². The summed E-state index contributed by atoms with van der Waals surface area (Å²) in [4.78, 5) is 10.5. The third-order valence-electron chi connectivity index (χ3n) is 2.70. The number of hydrogen-bond acceptors (Lipinski definition) is 4. The highest BCUT2D eigenvalue weighted by atomic mass is 19.1. The summed E-state index contributed by atoms with van der Waals surface area (Å²) in [5.74, 6) is -0.751. The second-order valence-corrected chi connectivity index (χ2v) is 4.41. The number of unbranched alkanes of at least 4 members (excludes halogenated alkanes) is 2. The van der Waals surface area contributed by atoms with Gasteiger partial charge in [-0.05, 0) is 12.8 Å². The van der Waals surface area contributed by atoms with Crippen LogP contribution in [0.3, 0.4) is 0 Å². The van der Waals surface area contributed by atoms with Crippen LogP contribution in [0.25, 0.3) is 0 Å². The molecule has 1 aromatic carbocycles. The van der Waals surface area contributed by atoms with Gasteiger partial charge >= 0.3 is 5.69 Å². The largest absolute Gasteiger partial charge is 0.487 e. The maximum Gasteiger partial charge on any atom is 0.352 e. The standard InChI is InChI=1S/C14H20FNO4/c1-3-5-7-19-12-9-11(15)10-13(14(12)16(17)18)20-8-6-4-2/h9-10H,3-8H2,1-2H3. The second-order valence-electron chi connectivity index (χ2n) is 4.41. The second kappa shape index (κ2) is 8.35. The number of hydrogen-bond donors (Lipinski definition) is 0. The van der Waals surface area contributed by atoms with Crippen LogP contribution in [0, 0.1) is 15.9 Å². The minimum absolute atomic E-state index is 0.0741. The summed E-state index contributed by atoms with van der Waals surface area (Å²) in [5.41, 5.74) is -0.307. The molecule has 6 heteroatoms. The molecule has 0 unspecified atom stereocenters. The van der Waals surface area contributed by atoms with Gasteiger partial charge in [-0.1, -0.05) is 26.7 Å². The first kappa shape index (κ1) is 16.2. The molecule has 0 atom stereocenters. The van der Waals surface area contributed by atoms with Crippen LogP contribution in [0.2, 0.25) is 0 Å². The van der Waals surface area contributed by atoms with E-state index in [4.69, 9.17) is 9.47 Å². The number of ether oxygens (including phenoxy) is 2. The molecule has 112 valence electrons. The summed E-state index contributed by atoms with van der Waals surface area (Å²) in [6.07, 6.45) is 3.28. The van der Waals surface area contributed by atoms with Crippen LogP contribution in [-0.4, -0.2) is 18.1 Å². The van der Waals surface area contributed by atoms with Crippen LogP contribution in [0.5, 0.6) is 11.5 Å². The van der Waals surface area contributed by atoms with Crippen LogP contribution in [0.1, 0.15) is 39.5 Å². The summed E-state index contributed by atoms with van der Waals surface area (Å²) >= 11 is 0. The van der Waals surface area contributed by atoms with Crippen LogP contribution < -0.4 is 9.47 Å². The normalized spacial score (nSPS) is 10.3. The monoisotopic (exact) mass is 285 g/mol. The third-order valence-corrected chi connectivity index (χ3v) is 2.70. The third kappa shape index (κ3) is 4.68. The quantitative estimate of drug-likeness (QED) is 0.389. The fourth-order valence-corrected chi connectivity index (χ4v) is 1.60. The Morgan fingerprint density at radius 1 is 1.10 bits per heavy atom. The molecule has 0 spiro atoms. The van der Waals surface area contributed by atoms with Crippen LogP contribution in [-0.2, 0) is 0 Å². The van der Waals surface area contributed by atoms with Crippen molar-refractivity contribution in [3.8, 4) is 11.5 Å². The molecule has 0 radical (unpaired) electrons. The number of benzene rings is 1. The van der Waals surface area contributed by atoms with Crippen molar-refractivity contribution in [1.82, 2.24) is 0 Å². The van der Waals surface area contributed by atoms with Gasteiger partial charge in [0.1, 0.15) is 5.82 Å². The SMILES string of the molecule is CCCCOc1cc(F)cc(OCCCC)c1[N+](=O)[O-]. The molecule has 0 saturated heterocycles. The summed E-state index contributed by atoms with van der Waals surface area (Å²) in [7, 11) is 0. The van der Waals surface area contributed by atoms with Gasteiger partial charge in [0, 0.05) is 12.1 Å². The Labute approximate surface area is 117 Å². The van der Waals surface area contributed by atoms with E-state index in [0.717, 1.165) is 37.8 Å². The van der Waals surface area contributed by atoms with Gasteiger partial charge in [-0.15, -0.1) is 0 Å². The molecule has 0 heterocycles. The van der Waals surface area contributed by atoms with E-state index in [-0.39, 0.29) is 17.2 Å². The van der Waals surface area contributed by atoms with E-state index in [9.17, 15) is 14.5 Å². The average Bonchev–Trinajstić information content (AvgIpc) is 2.38. The zero-order chi connectivity index (χ0) is 15.0. The van der Waals surface area contributed by atoms with Gasteiger partial charge in [-0.3, -0.25) is 10.1 Å². The van der Waals surface area contributed by atoms with Crippen molar-refractivity contribution in [2.45, 2.75) is 39.5 Å². The molecular weight excluding hydrogens is 265 g/mol. The molecule has 5 nitrogen and oxygen atoms in total. The summed E-state index contributed by atoms with van der Waals surface area (Å²) < 4.78 is 24.1. The lowest BCUT2D eigenvalue weighted by molar-refractivity contribution is -0.386. The number of rotatable bonds is 9. The molecule has 0 N–H and O–H groups in total. The first-order chi connectivity index (χ1) is 9.60. The zero-order valence-corrected chi connectivity index (χ0v) is 11.9. The Balaban J connectivity index is 2.98. The highest BCUT2D eigenvalue weighted by Gasteiger charge is 2.24. The molecule has 0 aliphatic rings. The van der Waals surface area contributed by atoms with E-state index in [2.05, 4.69) is 0 Å². The van der Waals surface area contributed by atoms with Crippen molar-refractivity contribution in [3.63, 3.8) is 0 Å². The number of halogens is 1. The number of nitro benzene ring substituents is 1. The van der Waals surface area contributed by atoms with Crippen molar-refractivity contribution in [2.75, 3.05) is 13.2 Å². The van der Waals surface area contributed by atoms with E-state index in [1.54, 1.807) is 0 Å². The van der Waals surface area contributed by atoms with Crippen molar-refractivity contribution < 1.29 is 18.8 Å². The van der Waals surface area contributed by atoms with Crippen LogP contribution >= 0.6 is 0 Å². The maximum atomic E-state index is 13.5. The fraction of sp³-hybridized carbons (Fsp3) is 0.571. The van der Waals surface area contributed by atoms with E-state index < -0.39 is 10.7 Å². The molecule has 0 bridgehead atoms. The summed E-state index contributed by atoms with van der Waals surface area (Å²) in [6, 6.07) is 2.06. The molecule has 1 rings (SSSR count). The number of nitro groups is 1. The molecule has 0 aromatic heterocycles. The van der Waals surface area contributed by atoms with Crippen molar-refractivity contribution in [1.29, 1.82) is 0 Å². The van der Waals surface area contributed by atoms with E-state index in [1.807, 2.05) is 13.8 Å². The van der Waals surface area contributed by atoms with E-state index in [1.165, 1.54) is 0 Å². The Morgan fingerprint density at radius 2 is 1.55 bits per heavy atom. The summed E-state index contributed by atoms with van der Waals surface area (Å²) in [6.45, 7) is 4.58. The molecular formula is C14H20FNO4. The summed E-state index contributed by atoms with van der Waals surface area (Å²) in [5, 5.41) is 11.1. The van der Waals surface area contributed by atoms with Gasteiger partial charge in [-0.25, -0.2) is 4.39 Å². The Bertz CT molecular complexity index is 420. The highest BCUT2D eigenvalue weighted by Crippen LogP contribution is 2.38. The first-order valence-electron chi connectivity index (χ1n) is 6.83. The molecule has 20 heavy (non-hydrogen) atoms. The minimum atomic E-state index is -0.603. The van der Waals surface area contributed by atoms with Gasteiger partial charge < -0.3 is 9.47 Å². The van der Waals surface area contributed by atoms with Gasteiger partial charge in [0.2, 0.25) is 11.5 Å². The number of nitrogens with zero attached hydrogens (tertiary/aromatic N) is 1. The lowest BCUT2D eigenvalue weighted by atomic mass is 10.2. The molecule has 0 aliphatic heterocycles. The van der Waals surface area contributed by atoms with Gasteiger partial charge in [0.05, 0.1) is 18.1 Å². The van der Waals surface area contributed by atoms with E-state index in [0.29, 0.717) is 13.2 Å². The zero-order valence-electron chi connectivity index (χ0n) is 11.9. The van der Waals surface area contributed by atoms with Crippen molar-refractivity contribution in [3.05, 3.63) is 28.1 Å². The lowest BCUT2D eigenvalue weighted by Gasteiger charge is -2.11. The fourth-order valence-electron chi connectivity index (χ4n) is 1.60. The smallest absolute Gasteiger partial charge is 0.352 e. The molecule has 1 aromatic rings. The van der Waals surface area contributed by atoms with Gasteiger partial charge in [-0.2, -0.15) is 0 Å². The highest BCUT2D eigenvalue weighted by molar-refractivity contribution is 5.57. The predicted octanol–water partition coefficient (Wildman–Crippen LogP) is 4.09.